The Morgan fingerprint density at radius 3 is 2.93 bits per heavy atom. The van der Waals surface area contributed by atoms with Gasteiger partial charge in [0, 0.05) is 10.8 Å². The maximum Gasteiger partial charge on any atom is 0.123 e. The van der Waals surface area contributed by atoms with E-state index in [1.807, 2.05) is 11.8 Å². The van der Waals surface area contributed by atoms with Gasteiger partial charge in [-0.05, 0) is 98.7 Å². The summed E-state index contributed by atoms with van der Waals surface area (Å²) >= 11 is 7.92. The van der Waals surface area contributed by atoms with Gasteiger partial charge in [0.25, 0.3) is 0 Å². The molecule has 27 heavy (non-hydrogen) atoms. The fourth-order valence-electron chi connectivity index (χ4n) is 3.77. The van der Waals surface area contributed by atoms with E-state index in [9.17, 15) is 4.39 Å². The van der Waals surface area contributed by atoms with E-state index in [1.54, 1.807) is 17.2 Å². The lowest BCUT2D eigenvalue weighted by Crippen LogP contribution is -2.23. The summed E-state index contributed by atoms with van der Waals surface area (Å²) in [5.41, 5.74) is 5.40. The zero-order valence-corrected chi connectivity index (χ0v) is 17.6. The summed E-state index contributed by atoms with van der Waals surface area (Å²) in [6, 6.07) is 11.5. The number of halogens is 2. The summed E-state index contributed by atoms with van der Waals surface area (Å²) in [7, 11) is 0. The van der Waals surface area contributed by atoms with Crippen molar-refractivity contribution >= 4 is 23.4 Å². The van der Waals surface area contributed by atoms with Crippen LogP contribution in [0.3, 0.4) is 0 Å². The molecule has 3 rings (SSSR count). The third kappa shape index (κ3) is 6.51. The van der Waals surface area contributed by atoms with E-state index in [1.165, 1.54) is 43.4 Å². The number of aryl methyl sites for hydroxylation is 2. The minimum Gasteiger partial charge on any atom is -0.317 e. The quantitative estimate of drug-likeness (QED) is 0.498. The van der Waals surface area contributed by atoms with Gasteiger partial charge >= 0.3 is 0 Å². The first kappa shape index (κ1) is 20.7. The average molecular weight is 406 g/mol. The second kappa shape index (κ2) is 10.5. The first-order valence-electron chi connectivity index (χ1n) is 9.92. The molecule has 146 valence electrons. The van der Waals surface area contributed by atoms with Crippen molar-refractivity contribution in [2.75, 3.05) is 18.8 Å². The molecular weight excluding hydrogens is 377 g/mol. The van der Waals surface area contributed by atoms with Crippen molar-refractivity contribution in [1.29, 1.82) is 0 Å². The topological polar surface area (TPSA) is 12.0 Å². The molecule has 0 amide bonds. The number of fused-ring (bicyclic) bond motifs is 1. The van der Waals surface area contributed by atoms with Gasteiger partial charge in [-0.25, -0.2) is 4.39 Å². The van der Waals surface area contributed by atoms with Crippen LogP contribution >= 0.6 is 23.4 Å². The Bertz CT molecular complexity index is 749. The van der Waals surface area contributed by atoms with Crippen molar-refractivity contribution in [1.82, 2.24) is 5.32 Å². The molecule has 4 heteroatoms. The molecule has 1 aliphatic carbocycles. The molecule has 0 bridgehead atoms. The number of hydrogen-bond donors (Lipinski definition) is 1. The molecule has 1 unspecified atom stereocenters. The summed E-state index contributed by atoms with van der Waals surface area (Å²) in [6.45, 7) is 4.33. The van der Waals surface area contributed by atoms with E-state index in [-0.39, 0.29) is 5.82 Å². The Hall–Kier alpha value is -1.03. The summed E-state index contributed by atoms with van der Waals surface area (Å²) < 4.78 is 13.2. The molecule has 2 aromatic rings. The summed E-state index contributed by atoms with van der Waals surface area (Å²) in [5, 5.41) is 4.24. The van der Waals surface area contributed by atoms with E-state index in [2.05, 4.69) is 30.4 Å². The van der Waals surface area contributed by atoms with Crippen LogP contribution in [0.15, 0.2) is 36.4 Å². The number of rotatable bonds is 9. The second-order valence-corrected chi connectivity index (χ2v) is 9.07. The first-order chi connectivity index (χ1) is 13.1. The van der Waals surface area contributed by atoms with Gasteiger partial charge in [-0.15, -0.1) is 0 Å². The number of nitrogens with one attached hydrogen (secondary N) is 1. The second-order valence-electron chi connectivity index (χ2n) is 7.56. The molecule has 0 aromatic heterocycles. The number of hydrogen-bond acceptors (Lipinski definition) is 2. The Kier molecular flexibility index (Phi) is 8.05. The van der Waals surface area contributed by atoms with Gasteiger partial charge in [0.2, 0.25) is 0 Å². The zero-order valence-electron chi connectivity index (χ0n) is 16.1. The van der Waals surface area contributed by atoms with Crippen LogP contribution in [0, 0.1) is 18.7 Å². The third-order valence-electron chi connectivity index (χ3n) is 5.33. The molecule has 1 aliphatic rings. The third-order valence-corrected chi connectivity index (χ3v) is 6.79. The fourth-order valence-corrected chi connectivity index (χ4v) is 4.99. The van der Waals surface area contributed by atoms with E-state index in [0.717, 1.165) is 42.5 Å². The van der Waals surface area contributed by atoms with Gasteiger partial charge in [-0.2, -0.15) is 11.8 Å². The lowest BCUT2D eigenvalue weighted by molar-refractivity contribution is 0.414. The highest BCUT2D eigenvalue weighted by Gasteiger charge is 2.18. The maximum atomic E-state index is 13.2. The Balaban J connectivity index is 1.25. The summed E-state index contributed by atoms with van der Waals surface area (Å²) in [6.07, 6.45) is 6.19. The van der Waals surface area contributed by atoms with Crippen molar-refractivity contribution in [3.63, 3.8) is 0 Å². The highest BCUT2D eigenvalue weighted by Crippen LogP contribution is 2.28. The van der Waals surface area contributed by atoms with Crippen LogP contribution in [0.2, 0.25) is 5.02 Å². The van der Waals surface area contributed by atoms with E-state index in [0.29, 0.717) is 5.02 Å². The van der Waals surface area contributed by atoms with Gasteiger partial charge in [0.1, 0.15) is 5.82 Å². The monoisotopic (exact) mass is 405 g/mol. The van der Waals surface area contributed by atoms with Crippen molar-refractivity contribution in [2.45, 2.75) is 44.8 Å². The molecule has 1 N–H and O–H groups in total. The van der Waals surface area contributed by atoms with Crippen LogP contribution in [0.1, 0.15) is 41.5 Å². The highest BCUT2D eigenvalue weighted by atomic mass is 35.5. The highest BCUT2D eigenvalue weighted by molar-refractivity contribution is 7.98. The SMILES string of the molecule is Cc1ccc2c(c1)CCC(CCNCCCSCc1cc(F)ccc1Cl)C2. The standard InChI is InChI=1S/C23H29ClFNS/c1-17-3-5-20-14-18(4-6-19(20)13-17)9-11-26-10-2-12-27-16-21-15-22(25)7-8-23(21)24/h3,5,7-8,13,15,18,26H,2,4,6,9-12,14,16H2,1H3. The predicted molar refractivity (Wildman–Crippen MR) is 116 cm³/mol. The fraction of sp³-hybridized carbons (Fsp3) is 0.478. The molecule has 1 atom stereocenters. The summed E-state index contributed by atoms with van der Waals surface area (Å²) in [5.74, 6) is 2.45. The maximum absolute atomic E-state index is 13.2. The van der Waals surface area contributed by atoms with E-state index in [4.69, 9.17) is 11.6 Å². The zero-order chi connectivity index (χ0) is 19.1. The van der Waals surface area contributed by atoms with Gasteiger partial charge in [-0.3, -0.25) is 0 Å². The smallest absolute Gasteiger partial charge is 0.123 e. The molecule has 0 heterocycles. The molecule has 2 aromatic carbocycles. The average Bonchev–Trinajstić information content (AvgIpc) is 2.66. The normalized spacial score (nSPS) is 16.3. The Morgan fingerprint density at radius 2 is 2.04 bits per heavy atom. The van der Waals surface area contributed by atoms with Crippen LogP contribution in [0.25, 0.3) is 0 Å². The van der Waals surface area contributed by atoms with Crippen LogP contribution in [0.4, 0.5) is 4.39 Å². The molecule has 0 saturated heterocycles. The largest absolute Gasteiger partial charge is 0.317 e. The van der Waals surface area contributed by atoms with Crippen LogP contribution in [-0.4, -0.2) is 18.8 Å². The lowest BCUT2D eigenvalue weighted by Gasteiger charge is -2.25. The number of benzene rings is 2. The Morgan fingerprint density at radius 1 is 1.15 bits per heavy atom. The van der Waals surface area contributed by atoms with Crippen LogP contribution in [-0.2, 0) is 18.6 Å². The molecule has 0 saturated carbocycles. The molecule has 0 radical (unpaired) electrons. The molecule has 1 nitrogen and oxygen atoms in total. The first-order valence-corrected chi connectivity index (χ1v) is 11.5. The predicted octanol–water partition coefficient (Wildman–Crippen LogP) is 6.20. The van der Waals surface area contributed by atoms with Gasteiger partial charge in [-0.1, -0.05) is 35.4 Å². The van der Waals surface area contributed by atoms with Crippen molar-refractivity contribution in [2.24, 2.45) is 5.92 Å². The molecule has 0 fully saturated rings. The van der Waals surface area contributed by atoms with Crippen molar-refractivity contribution in [3.05, 3.63) is 69.5 Å². The molecule has 0 aliphatic heterocycles. The van der Waals surface area contributed by atoms with E-state index >= 15 is 0 Å². The van der Waals surface area contributed by atoms with Gasteiger partial charge < -0.3 is 5.32 Å². The Labute approximate surface area is 172 Å². The minimum atomic E-state index is -0.211. The van der Waals surface area contributed by atoms with Crippen LogP contribution < -0.4 is 5.32 Å². The minimum absolute atomic E-state index is 0.211. The van der Waals surface area contributed by atoms with Gasteiger partial charge in [0.05, 0.1) is 0 Å². The van der Waals surface area contributed by atoms with Crippen molar-refractivity contribution < 1.29 is 4.39 Å². The summed E-state index contributed by atoms with van der Waals surface area (Å²) in [4.78, 5) is 0. The van der Waals surface area contributed by atoms with Crippen LogP contribution in [0.5, 0.6) is 0 Å². The lowest BCUT2D eigenvalue weighted by atomic mass is 9.82. The molecular formula is C23H29ClFNS. The van der Waals surface area contributed by atoms with E-state index < -0.39 is 0 Å². The van der Waals surface area contributed by atoms with Gasteiger partial charge in [0.15, 0.2) is 0 Å². The molecule has 0 spiro atoms. The number of thioether (sulfide) groups is 1. The van der Waals surface area contributed by atoms with Crippen molar-refractivity contribution in [3.8, 4) is 0 Å².